The largest absolute Gasteiger partial charge is 0.508 e. The average molecular weight is 455 g/mol. The zero-order chi connectivity index (χ0) is 22.6. The van der Waals surface area contributed by atoms with Gasteiger partial charge in [0.05, 0.1) is 30.0 Å². The topological polar surface area (TPSA) is 83.8 Å². The first-order valence-corrected chi connectivity index (χ1v) is 12.7. The molecule has 2 aromatic carbocycles. The van der Waals surface area contributed by atoms with Crippen LogP contribution in [-0.2, 0) is 14.6 Å². The minimum Gasteiger partial charge on any atom is -0.508 e. The molecule has 32 heavy (non-hydrogen) atoms. The number of fused-ring (bicyclic) bond motifs is 2. The maximum absolute atomic E-state index is 12.4. The molecular formula is C26H30O5S. The summed E-state index contributed by atoms with van der Waals surface area (Å²) in [6.45, 7) is 0.624. The molecule has 0 aromatic heterocycles. The number of hydrogen-bond donors (Lipinski definition) is 2. The second kappa shape index (κ2) is 9.61. The number of phenolic OH excluding ortho intramolecular Hbond substituents is 1. The van der Waals surface area contributed by atoms with Crippen LogP contribution in [0.5, 0.6) is 5.75 Å². The van der Waals surface area contributed by atoms with Gasteiger partial charge in [-0.2, -0.15) is 0 Å². The van der Waals surface area contributed by atoms with Crippen molar-refractivity contribution in [2.75, 3.05) is 19.0 Å². The summed E-state index contributed by atoms with van der Waals surface area (Å²) in [7, 11) is -3.31. The predicted molar refractivity (Wildman–Crippen MR) is 124 cm³/mol. The molecule has 1 heterocycles. The quantitative estimate of drug-likeness (QED) is 0.570. The Morgan fingerprint density at radius 2 is 1.81 bits per heavy atom. The Hall–Kier alpha value is -2.41. The van der Waals surface area contributed by atoms with Gasteiger partial charge in [-0.15, -0.1) is 0 Å². The summed E-state index contributed by atoms with van der Waals surface area (Å²) in [4.78, 5) is 0.344. The van der Waals surface area contributed by atoms with E-state index in [1.165, 1.54) is 5.57 Å². The number of sulfone groups is 1. The molecule has 1 fully saturated rings. The number of ether oxygens (including phenoxy) is 1. The van der Waals surface area contributed by atoms with Crippen LogP contribution in [0.25, 0.3) is 0 Å². The molecule has 6 heteroatoms. The van der Waals surface area contributed by atoms with Gasteiger partial charge in [-0.25, -0.2) is 8.42 Å². The first-order chi connectivity index (χ1) is 15.4. The van der Waals surface area contributed by atoms with Crippen molar-refractivity contribution in [1.82, 2.24) is 0 Å². The van der Waals surface area contributed by atoms with E-state index < -0.39 is 9.84 Å². The van der Waals surface area contributed by atoms with Crippen molar-refractivity contribution in [3.8, 4) is 5.75 Å². The molecular weight excluding hydrogens is 424 g/mol. The summed E-state index contributed by atoms with van der Waals surface area (Å²) in [5.41, 5.74) is 2.10. The highest BCUT2D eigenvalue weighted by Crippen LogP contribution is 2.51. The molecule has 2 bridgehead atoms. The van der Waals surface area contributed by atoms with Crippen LogP contribution >= 0.6 is 0 Å². The second-order valence-corrected chi connectivity index (χ2v) is 10.9. The maximum Gasteiger partial charge on any atom is 0.181 e. The summed E-state index contributed by atoms with van der Waals surface area (Å²) < 4.78 is 31.1. The Morgan fingerprint density at radius 3 is 2.53 bits per heavy atom. The molecule has 0 amide bonds. The molecule has 0 spiro atoms. The van der Waals surface area contributed by atoms with E-state index in [1.807, 2.05) is 18.2 Å². The van der Waals surface area contributed by atoms with E-state index in [4.69, 9.17) is 4.74 Å². The summed E-state index contributed by atoms with van der Waals surface area (Å²) >= 11 is 0. The Kier molecular flexibility index (Phi) is 6.84. The summed E-state index contributed by atoms with van der Waals surface area (Å²) in [6.07, 6.45) is 9.05. The molecule has 4 rings (SSSR count). The van der Waals surface area contributed by atoms with E-state index in [0.29, 0.717) is 11.5 Å². The van der Waals surface area contributed by atoms with Gasteiger partial charge in [0.15, 0.2) is 9.84 Å². The predicted octanol–water partition coefficient (Wildman–Crippen LogP) is 4.59. The van der Waals surface area contributed by atoms with E-state index in [-0.39, 0.29) is 35.5 Å². The highest BCUT2D eigenvalue weighted by Gasteiger charge is 2.45. The van der Waals surface area contributed by atoms with Crippen molar-refractivity contribution in [2.24, 2.45) is 11.3 Å². The van der Waals surface area contributed by atoms with Crippen molar-refractivity contribution < 1.29 is 23.4 Å². The molecule has 1 aliphatic carbocycles. The van der Waals surface area contributed by atoms with Gasteiger partial charge in [0.2, 0.25) is 0 Å². The molecule has 5 nitrogen and oxygen atoms in total. The lowest BCUT2D eigenvalue weighted by molar-refractivity contribution is -0.114. The van der Waals surface area contributed by atoms with Crippen molar-refractivity contribution in [3.05, 3.63) is 84.0 Å². The fraction of sp³-hybridized carbons (Fsp3) is 0.385. The van der Waals surface area contributed by atoms with Crippen LogP contribution in [0.1, 0.15) is 37.4 Å². The van der Waals surface area contributed by atoms with E-state index in [2.05, 4.69) is 6.08 Å². The Labute approximate surface area is 190 Å². The van der Waals surface area contributed by atoms with E-state index in [0.717, 1.165) is 31.2 Å². The lowest BCUT2D eigenvalue weighted by Crippen LogP contribution is -2.43. The zero-order valence-electron chi connectivity index (χ0n) is 18.1. The van der Waals surface area contributed by atoms with Crippen molar-refractivity contribution >= 4 is 9.84 Å². The van der Waals surface area contributed by atoms with Gasteiger partial charge in [-0.05, 0) is 55.5 Å². The molecule has 2 N–H and O–H groups in total. The number of rotatable bonds is 8. The first kappa shape index (κ1) is 22.8. The van der Waals surface area contributed by atoms with Crippen LogP contribution in [0.15, 0.2) is 83.3 Å². The van der Waals surface area contributed by atoms with Gasteiger partial charge in [-0.3, -0.25) is 0 Å². The summed E-state index contributed by atoms with van der Waals surface area (Å²) in [6, 6.07) is 15.7. The lowest BCUT2D eigenvalue weighted by atomic mass is 9.65. The summed E-state index contributed by atoms with van der Waals surface area (Å²) in [5.74, 6) is 0.381. The third kappa shape index (κ3) is 4.98. The highest BCUT2D eigenvalue weighted by atomic mass is 32.2. The number of aliphatic hydroxyl groups is 1. The first-order valence-electron chi connectivity index (χ1n) is 11.1. The molecule has 170 valence electrons. The molecule has 0 saturated carbocycles. The Bertz CT molecular complexity index is 1070. The number of allylic oxidation sites excluding steroid dienone is 2. The zero-order valence-corrected chi connectivity index (χ0v) is 18.9. The van der Waals surface area contributed by atoms with E-state index >= 15 is 0 Å². The number of aromatic hydroxyl groups is 1. The third-order valence-electron chi connectivity index (χ3n) is 6.60. The molecule has 3 atom stereocenters. The van der Waals surface area contributed by atoms with Crippen molar-refractivity contribution in [2.45, 2.75) is 36.7 Å². The normalized spacial score (nSPS) is 25.6. The molecule has 0 radical (unpaired) electrons. The average Bonchev–Trinajstić information content (AvgIpc) is 2.82. The van der Waals surface area contributed by atoms with Gasteiger partial charge in [0.1, 0.15) is 5.75 Å². The van der Waals surface area contributed by atoms with Gasteiger partial charge in [-0.1, -0.05) is 54.1 Å². The number of hydrogen-bond acceptors (Lipinski definition) is 5. The third-order valence-corrected chi connectivity index (χ3v) is 8.22. The number of aliphatic hydroxyl groups excluding tert-OH is 1. The monoisotopic (exact) mass is 454 g/mol. The molecule has 3 unspecified atom stereocenters. The highest BCUT2D eigenvalue weighted by molar-refractivity contribution is 7.91. The Balaban J connectivity index is 1.42. The number of benzene rings is 2. The van der Waals surface area contributed by atoms with Crippen LogP contribution in [0.2, 0.25) is 0 Å². The van der Waals surface area contributed by atoms with Crippen LogP contribution in [-0.4, -0.2) is 37.6 Å². The van der Waals surface area contributed by atoms with Crippen LogP contribution in [0.3, 0.4) is 0 Å². The van der Waals surface area contributed by atoms with Gasteiger partial charge >= 0.3 is 0 Å². The van der Waals surface area contributed by atoms with Gasteiger partial charge < -0.3 is 14.9 Å². The van der Waals surface area contributed by atoms with Crippen LogP contribution in [0.4, 0.5) is 0 Å². The van der Waals surface area contributed by atoms with Gasteiger partial charge in [0.25, 0.3) is 0 Å². The maximum atomic E-state index is 12.4. The van der Waals surface area contributed by atoms with Crippen molar-refractivity contribution in [3.63, 3.8) is 0 Å². The van der Waals surface area contributed by atoms with Gasteiger partial charge in [0, 0.05) is 11.3 Å². The molecule has 2 aliphatic rings. The number of phenols is 1. The fourth-order valence-corrected chi connectivity index (χ4v) is 5.88. The smallest absolute Gasteiger partial charge is 0.181 e. The second-order valence-electron chi connectivity index (χ2n) is 8.88. The van der Waals surface area contributed by atoms with E-state index in [9.17, 15) is 18.6 Å². The minimum absolute atomic E-state index is 0.00758. The lowest BCUT2D eigenvalue weighted by Gasteiger charge is -2.47. The molecule has 1 aliphatic heterocycles. The van der Waals surface area contributed by atoms with Crippen LogP contribution < -0.4 is 0 Å². The fourth-order valence-electron chi connectivity index (χ4n) is 4.72. The van der Waals surface area contributed by atoms with Crippen molar-refractivity contribution in [1.29, 1.82) is 0 Å². The van der Waals surface area contributed by atoms with E-state index in [1.54, 1.807) is 48.5 Å². The SMILES string of the molecule is O=S(=O)(C/C=C/CCC1=CCC2(CO)COC(c3ccc(O)cc3)C1C2)c1ccccc1. The molecule has 1 saturated heterocycles. The van der Waals surface area contributed by atoms with Crippen LogP contribution in [0, 0.1) is 11.3 Å². The summed E-state index contributed by atoms with van der Waals surface area (Å²) in [5, 5.41) is 19.6. The standard InChI is InChI=1S/C26H30O5S/c27-18-26-15-14-20(7-3-2-6-16-32(29,30)23-8-4-1-5-9-23)24(17-26)25(31-19-26)21-10-12-22(28)13-11-21/h1-2,4-6,8-14,24-25,27-28H,3,7,15-19H2/b6-2+. The minimum atomic E-state index is -3.31. The molecule has 2 aromatic rings. The Morgan fingerprint density at radius 1 is 1.06 bits per heavy atom.